The Morgan fingerprint density at radius 3 is 3.10 bits per heavy atom. The van der Waals surface area contributed by atoms with Crippen LogP contribution in [0.3, 0.4) is 0 Å². The summed E-state index contributed by atoms with van der Waals surface area (Å²) in [7, 11) is 2.01. The molecule has 1 saturated heterocycles. The predicted octanol–water partition coefficient (Wildman–Crippen LogP) is 0.732. The van der Waals surface area contributed by atoms with E-state index in [2.05, 4.69) is 15.5 Å². The van der Waals surface area contributed by atoms with E-state index in [-0.39, 0.29) is 11.8 Å². The molecule has 2 N–H and O–H groups in total. The van der Waals surface area contributed by atoms with E-state index in [0.717, 1.165) is 18.0 Å². The highest BCUT2D eigenvalue weighted by molar-refractivity contribution is 5.99. The summed E-state index contributed by atoms with van der Waals surface area (Å²) in [6.45, 7) is 1.49. The number of amides is 2. The number of ether oxygens (including phenoxy) is 1. The first-order chi connectivity index (χ1) is 9.63. The maximum absolute atomic E-state index is 12.0. The number of hydrogen-bond acceptors (Lipinski definition) is 4. The van der Waals surface area contributed by atoms with E-state index in [1.807, 2.05) is 25.2 Å². The van der Waals surface area contributed by atoms with Crippen molar-refractivity contribution in [3.05, 3.63) is 18.2 Å². The van der Waals surface area contributed by atoms with Gasteiger partial charge in [0.15, 0.2) is 0 Å². The van der Waals surface area contributed by atoms with Gasteiger partial charge in [-0.05, 0) is 18.6 Å². The fourth-order valence-electron chi connectivity index (χ4n) is 2.48. The molecule has 0 spiro atoms. The highest BCUT2D eigenvalue weighted by atomic mass is 16.5. The normalized spacial score (nSPS) is 20.9. The molecular formula is C14H17N3O3. The minimum atomic E-state index is -0.429. The van der Waals surface area contributed by atoms with Crippen LogP contribution in [0.15, 0.2) is 18.2 Å². The molecule has 0 aromatic heterocycles. The molecule has 2 aliphatic rings. The molecule has 2 heterocycles. The van der Waals surface area contributed by atoms with Crippen LogP contribution >= 0.6 is 0 Å². The van der Waals surface area contributed by atoms with Crippen LogP contribution in [0, 0.1) is 0 Å². The zero-order valence-corrected chi connectivity index (χ0v) is 11.3. The number of benzene rings is 1. The number of likely N-dealkylation sites (N-methyl/N-ethyl adjacent to an activating group) is 1. The van der Waals surface area contributed by atoms with Crippen molar-refractivity contribution in [1.29, 1.82) is 0 Å². The van der Waals surface area contributed by atoms with Gasteiger partial charge in [-0.2, -0.15) is 0 Å². The summed E-state index contributed by atoms with van der Waals surface area (Å²) in [6.07, 6.45) is 0.963. The Labute approximate surface area is 117 Å². The Kier molecular flexibility index (Phi) is 3.22. The summed E-state index contributed by atoms with van der Waals surface area (Å²) < 4.78 is 5.60. The largest absolute Gasteiger partial charge is 0.489 e. The fraction of sp³-hybridized carbons (Fsp3) is 0.429. The van der Waals surface area contributed by atoms with Gasteiger partial charge in [0.05, 0.1) is 12.2 Å². The number of anilines is 2. The monoisotopic (exact) mass is 275 g/mol. The smallest absolute Gasteiger partial charge is 0.246 e. The molecular weight excluding hydrogens is 258 g/mol. The lowest BCUT2D eigenvalue weighted by atomic mass is 10.2. The summed E-state index contributed by atoms with van der Waals surface area (Å²) in [5, 5.41) is 5.47. The SMILES string of the molecule is CN1CCOc2cc(NC(=O)C3CCC(=O)N3)ccc21. The number of fused-ring (bicyclic) bond motifs is 1. The molecule has 6 heteroatoms. The van der Waals surface area contributed by atoms with Gasteiger partial charge < -0.3 is 20.3 Å². The van der Waals surface area contributed by atoms with Crippen LogP contribution in [0.5, 0.6) is 5.75 Å². The van der Waals surface area contributed by atoms with Crippen LogP contribution in [0.2, 0.25) is 0 Å². The van der Waals surface area contributed by atoms with E-state index in [1.165, 1.54) is 0 Å². The highest BCUT2D eigenvalue weighted by Gasteiger charge is 2.27. The Morgan fingerprint density at radius 2 is 2.35 bits per heavy atom. The van der Waals surface area contributed by atoms with Crippen LogP contribution in [-0.4, -0.2) is 38.1 Å². The van der Waals surface area contributed by atoms with Gasteiger partial charge in [-0.15, -0.1) is 0 Å². The molecule has 2 aliphatic heterocycles. The van der Waals surface area contributed by atoms with Gasteiger partial charge in [0, 0.05) is 25.2 Å². The summed E-state index contributed by atoms with van der Waals surface area (Å²) >= 11 is 0. The fourth-order valence-corrected chi connectivity index (χ4v) is 2.48. The molecule has 0 radical (unpaired) electrons. The van der Waals surface area contributed by atoms with Crippen molar-refractivity contribution < 1.29 is 14.3 Å². The van der Waals surface area contributed by atoms with Crippen LogP contribution in [-0.2, 0) is 9.59 Å². The van der Waals surface area contributed by atoms with Crippen LogP contribution in [0.4, 0.5) is 11.4 Å². The summed E-state index contributed by atoms with van der Waals surface area (Å²) in [5.41, 5.74) is 1.70. The van der Waals surface area contributed by atoms with E-state index < -0.39 is 6.04 Å². The molecule has 0 bridgehead atoms. The second kappa shape index (κ2) is 5.03. The second-order valence-corrected chi connectivity index (χ2v) is 5.10. The minimum absolute atomic E-state index is 0.0689. The maximum Gasteiger partial charge on any atom is 0.246 e. The number of hydrogen-bond donors (Lipinski definition) is 2. The third kappa shape index (κ3) is 2.41. The quantitative estimate of drug-likeness (QED) is 0.835. The van der Waals surface area contributed by atoms with Crippen LogP contribution < -0.4 is 20.3 Å². The molecule has 1 fully saturated rings. The predicted molar refractivity (Wildman–Crippen MR) is 75.0 cm³/mol. The molecule has 1 aromatic rings. The molecule has 0 saturated carbocycles. The van der Waals surface area contributed by atoms with E-state index in [4.69, 9.17) is 4.74 Å². The van der Waals surface area contributed by atoms with E-state index in [0.29, 0.717) is 25.1 Å². The summed E-state index contributed by atoms with van der Waals surface area (Å²) in [4.78, 5) is 25.2. The second-order valence-electron chi connectivity index (χ2n) is 5.10. The Hall–Kier alpha value is -2.24. The number of rotatable bonds is 2. The molecule has 3 rings (SSSR count). The third-order valence-corrected chi connectivity index (χ3v) is 3.63. The summed E-state index contributed by atoms with van der Waals surface area (Å²) in [6, 6.07) is 5.16. The Morgan fingerprint density at radius 1 is 1.50 bits per heavy atom. The van der Waals surface area contributed by atoms with Gasteiger partial charge in [0.25, 0.3) is 0 Å². The molecule has 6 nitrogen and oxygen atoms in total. The average molecular weight is 275 g/mol. The number of nitrogens with zero attached hydrogens (tertiary/aromatic N) is 1. The first-order valence-corrected chi connectivity index (χ1v) is 6.72. The topological polar surface area (TPSA) is 70.7 Å². The molecule has 0 aliphatic carbocycles. The van der Waals surface area contributed by atoms with Crippen molar-refractivity contribution in [3.63, 3.8) is 0 Å². The van der Waals surface area contributed by atoms with Gasteiger partial charge in [-0.1, -0.05) is 0 Å². The zero-order valence-electron chi connectivity index (χ0n) is 11.3. The van der Waals surface area contributed by atoms with E-state index >= 15 is 0 Å². The lowest BCUT2D eigenvalue weighted by molar-refractivity contribution is -0.122. The standard InChI is InChI=1S/C14H17N3O3/c1-17-6-7-20-12-8-9(2-4-11(12)17)15-14(19)10-3-5-13(18)16-10/h2,4,8,10H,3,5-7H2,1H3,(H,15,19)(H,16,18). The number of nitrogens with one attached hydrogen (secondary N) is 2. The van der Waals surface area contributed by atoms with Crippen molar-refractivity contribution >= 4 is 23.2 Å². The van der Waals surface area contributed by atoms with Crippen molar-refractivity contribution in [3.8, 4) is 5.75 Å². The number of carbonyl (C=O) groups excluding carboxylic acids is 2. The van der Waals surface area contributed by atoms with E-state index in [1.54, 1.807) is 0 Å². The molecule has 1 atom stereocenters. The third-order valence-electron chi connectivity index (χ3n) is 3.63. The van der Waals surface area contributed by atoms with Gasteiger partial charge in [0.1, 0.15) is 18.4 Å². The molecule has 2 amide bonds. The molecule has 1 unspecified atom stereocenters. The molecule has 1 aromatic carbocycles. The first kappa shape index (κ1) is 12.8. The first-order valence-electron chi connectivity index (χ1n) is 6.72. The van der Waals surface area contributed by atoms with E-state index in [9.17, 15) is 9.59 Å². The Bertz CT molecular complexity index is 559. The van der Waals surface area contributed by atoms with Gasteiger partial charge in [-0.3, -0.25) is 9.59 Å². The van der Waals surface area contributed by atoms with Gasteiger partial charge in [-0.25, -0.2) is 0 Å². The van der Waals surface area contributed by atoms with Crippen molar-refractivity contribution in [2.24, 2.45) is 0 Å². The van der Waals surface area contributed by atoms with Crippen molar-refractivity contribution in [2.75, 3.05) is 30.4 Å². The molecule has 106 valence electrons. The van der Waals surface area contributed by atoms with Crippen LogP contribution in [0.25, 0.3) is 0 Å². The lowest BCUT2D eigenvalue weighted by Crippen LogP contribution is -2.37. The highest BCUT2D eigenvalue weighted by Crippen LogP contribution is 2.33. The van der Waals surface area contributed by atoms with Gasteiger partial charge in [0.2, 0.25) is 11.8 Å². The lowest BCUT2D eigenvalue weighted by Gasteiger charge is -2.28. The number of carbonyl (C=O) groups is 2. The van der Waals surface area contributed by atoms with Crippen molar-refractivity contribution in [1.82, 2.24) is 5.32 Å². The average Bonchev–Trinajstić information content (AvgIpc) is 2.86. The zero-order chi connectivity index (χ0) is 14.1. The van der Waals surface area contributed by atoms with Gasteiger partial charge >= 0.3 is 0 Å². The minimum Gasteiger partial charge on any atom is -0.489 e. The summed E-state index contributed by atoms with van der Waals surface area (Å²) in [5.74, 6) is 0.521. The van der Waals surface area contributed by atoms with Crippen molar-refractivity contribution in [2.45, 2.75) is 18.9 Å². The van der Waals surface area contributed by atoms with Crippen LogP contribution in [0.1, 0.15) is 12.8 Å². The maximum atomic E-state index is 12.0. The molecule has 20 heavy (non-hydrogen) atoms. The Balaban J connectivity index is 1.72.